The molecule has 1 heterocycles. The van der Waals surface area contributed by atoms with Gasteiger partial charge in [0.25, 0.3) is 0 Å². The molecular weight excluding hydrogens is 259 g/mol. The van der Waals surface area contributed by atoms with Gasteiger partial charge in [-0.25, -0.2) is 9.07 Å². The van der Waals surface area contributed by atoms with Crippen LogP contribution in [-0.4, -0.2) is 27.4 Å². The summed E-state index contributed by atoms with van der Waals surface area (Å²) < 4.78 is 14.4. The van der Waals surface area contributed by atoms with Crippen molar-refractivity contribution in [2.45, 2.75) is 24.8 Å². The first-order chi connectivity index (χ1) is 9.68. The molecule has 5 nitrogen and oxygen atoms in total. The average Bonchev–Trinajstić information content (AvgIpc) is 3.07. The number of benzene rings is 1. The van der Waals surface area contributed by atoms with Crippen molar-refractivity contribution >= 4 is 5.91 Å². The van der Waals surface area contributed by atoms with Crippen molar-refractivity contribution in [3.63, 3.8) is 0 Å². The Hall–Kier alpha value is -2.24. The molecule has 0 radical (unpaired) electrons. The molecular formula is C14H15FN4O. The third-order valence-electron chi connectivity index (χ3n) is 3.71. The van der Waals surface area contributed by atoms with Crippen LogP contribution in [-0.2, 0) is 16.8 Å². The van der Waals surface area contributed by atoms with Crippen LogP contribution in [0.2, 0.25) is 0 Å². The van der Waals surface area contributed by atoms with Crippen LogP contribution in [0.4, 0.5) is 4.39 Å². The first-order valence-electron chi connectivity index (χ1n) is 6.55. The molecule has 0 unspecified atom stereocenters. The largest absolute Gasteiger partial charge is 0.354 e. The third kappa shape index (κ3) is 2.68. The standard InChI is InChI=1S/C14H15FN4O/c15-12-3-1-11(2-4-12)14(5-6-14)10-16-13(20)9-19-8-7-17-18-19/h1-4,7-8H,5-6,9-10H2,(H,16,20). The number of nitrogens with zero attached hydrogens (tertiary/aromatic N) is 3. The van der Waals surface area contributed by atoms with Gasteiger partial charge in [0.05, 0.1) is 6.20 Å². The van der Waals surface area contributed by atoms with Gasteiger partial charge in [-0.2, -0.15) is 0 Å². The van der Waals surface area contributed by atoms with E-state index < -0.39 is 0 Å². The zero-order valence-corrected chi connectivity index (χ0v) is 10.9. The normalized spacial score (nSPS) is 15.8. The minimum absolute atomic E-state index is 0.0221. The number of amides is 1. The predicted molar refractivity (Wildman–Crippen MR) is 70.3 cm³/mol. The van der Waals surface area contributed by atoms with E-state index in [4.69, 9.17) is 0 Å². The maximum absolute atomic E-state index is 12.9. The molecule has 0 bridgehead atoms. The van der Waals surface area contributed by atoms with E-state index in [-0.39, 0.29) is 23.7 Å². The molecule has 1 N–H and O–H groups in total. The first-order valence-corrected chi connectivity index (χ1v) is 6.55. The molecule has 20 heavy (non-hydrogen) atoms. The molecule has 3 rings (SSSR count). The van der Waals surface area contributed by atoms with Crippen LogP contribution in [0.5, 0.6) is 0 Å². The second-order valence-electron chi connectivity index (χ2n) is 5.16. The zero-order valence-electron chi connectivity index (χ0n) is 10.9. The summed E-state index contributed by atoms with van der Waals surface area (Å²) in [4.78, 5) is 11.8. The SMILES string of the molecule is O=C(Cn1ccnn1)NCC1(c2ccc(F)cc2)CC1. The quantitative estimate of drug-likeness (QED) is 0.893. The number of aromatic nitrogens is 3. The molecule has 0 saturated heterocycles. The number of hydrogen-bond acceptors (Lipinski definition) is 3. The molecule has 1 aromatic heterocycles. The van der Waals surface area contributed by atoms with Crippen molar-refractivity contribution in [2.24, 2.45) is 0 Å². The highest BCUT2D eigenvalue weighted by Crippen LogP contribution is 2.47. The number of carbonyl (C=O) groups is 1. The van der Waals surface area contributed by atoms with E-state index in [0.717, 1.165) is 18.4 Å². The Balaban J connectivity index is 1.57. The molecule has 6 heteroatoms. The Morgan fingerprint density at radius 3 is 2.70 bits per heavy atom. The molecule has 1 saturated carbocycles. The van der Waals surface area contributed by atoms with Crippen LogP contribution in [0, 0.1) is 5.82 Å². The molecule has 1 aromatic carbocycles. The third-order valence-corrected chi connectivity index (χ3v) is 3.71. The smallest absolute Gasteiger partial charge is 0.241 e. The van der Waals surface area contributed by atoms with Gasteiger partial charge in [0, 0.05) is 18.2 Å². The summed E-state index contributed by atoms with van der Waals surface area (Å²) in [7, 11) is 0. The van der Waals surface area contributed by atoms with Crippen molar-refractivity contribution in [3.05, 3.63) is 48.0 Å². The van der Waals surface area contributed by atoms with E-state index in [1.165, 1.54) is 23.0 Å². The molecule has 0 atom stereocenters. The lowest BCUT2D eigenvalue weighted by molar-refractivity contribution is -0.122. The Morgan fingerprint density at radius 1 is 1.35 bits per heavy atom. The summed E-state index contributed by atoms with van der Waals surface area (Å²) in [6, 6.07) is 6.52. The van der Waals surface area contributed by atoms with E-state index >= 15 is 0 Å². The van der Waals surface area contributed by atoms with Gasteiger partial charge >= 0.3 is 0 Å². The van der Waals surface area contributed by atoms with Gasteiger partial charge in [-0.1, -0.05) is 17.3 Å². The van der Waals surface area contributed by atoms with Gasteiger partial charge in [0.1, 0.15) is 12.4 Å². The van der Waals surface area contributed by atoms with Crippen molar-refractivity contribution in [2.75, 3.05) is 6.54 Å². The summed E-state index contributed by atoms with van der Waals surface area (Å²) in [6.45, 7) is 0.742. The molecule has 1 aliphatic rings. The minimum atomic E-state index is -0.236. The van der Waals surface area contributed by atoms with Crippen LogP contribution in [0.3, 0.4) is 0 Å². The van der Waals surface area contributed by atoms with Crippen molar-refractivity contribution < 1.29 is 9.18 Å². The number of carbonyl (C=O) groups excluding carboxylic acids is 1. The van der Waals surface area contributed by atoms with Gasteiger partial charge in [-0.3, -0.25) is 4.79 Å². The van der Waals surface area contributed by atoms with E-state index in [9.17, 15) is 9.18 Å². The van der Waals surface area contributed by atoms with Crippen LogP contribution < -0.4 is 5.32 Å². The number of halogens is 1. The molecule has 0 spiro atoms. The van der Waals surface area contributed by atoms with E-state index in [2.05, 4.69) is 15.6 Å². The molecule has 2 aromatic rings. The predicted octanol–water partition coefficient (Wildman–Crippen LogP) is 1.27. The van der Waals surface area contributed by atoms with Crippen LogP contribution in [0.1, 0.15) is 18.4 Å². The Kier molecular flexibility index (Phi) is 3.22. The fourth-order valence-electron chi connectivity index (χ4n) is 2.31. The average molecular weight is 274 g/mol. The first kappa shape index (κ1) is 12.8. The summed E-state index contributed by atoms with van der Waals surface area (Å²) in [5.74, 6) is -0.330. The molecule has 1 fully saturated rings. The second kappa shape index (κ2) is 5.03. The Labute approximate surface area is 115 Å². The topological polar surface area (TPSA) is 59.8 Å². The molecule has 1 aliphatic carbocycles. The second-order valence-corrected chi connectivity index (χ2v) is 5.16. The number of nitrogens with one attached hydrogen (secondary N) is 1. The van der Waals surface area contributed by atoms with Gasteiger partial charge in [0.2, 0.25) is 5.91 Å². The highest BCUT2D eigenvalue weighted by atomic mass is 19.1. The molecule has 1 amide bonds. The molecule has 104 valence electrons. The minimum Gasteiger partial charge on any atom is -0.354 e. The van der Waals surface area contributed by atoms with E-state index in [0.29, 0.717) is 6.54 Å². The summed E-state index contributed by atoms with van der Waals surface area (Å²) >= 11 is 0. The summed E-state index contributed by atoms with van der Waals surface area (Å²) in [5, 5.41) is 10.3. The van der Waals surface area contributed by atoms with Gasteiger partial charge < -0.3 is 5.32 Å². The highest BCUT2D eigenvalue weighted by molar-refractivity contribution is 5.75. The van der Waals surface area contributed by atoms with Crippen LogP contribution in [0.25, 0.3) is 0 Å². The Bertz CT molecular complexity index is 590. The zero-order chi connectivity index (χ0) is 14.0. The van der Waals surface area contributed by atoms with Gasteiger partial charge in [-0.05, 0) is 30.5 Å². The summed E-state index contributed by atoms with van der Waals surface area (Å²) in [5.41, 5.74) is 1.06. The van der Waals surface area contributed by atoms with Gasteiger partial charge in [-0.15, -0.1) is 5.10 Å². The monoisotopic (exact) mass is 274 g/mol. The van der Waals surface area contributed by atoms with Crippen molar-refractivity contribution in [3.8, 4) is 0 Å². The van der Waals surface area contributed by atoms with E-state index in [1.807, 2.05) is 0 Å². The fourth-order valence-corrected chi connectivity index (χ4v) is 2.31. The van der Waals surface area contributed by atoms with E-state index in [1.54, 1.807) is 18.3 Å². The maximum atomic E-state index is 12.9. The van der Waals surface area contributed by atoms with Crippen molar-refractivity contribution in [1.29, 1.82) is 0 Å². The summed E-state index contributed by atoms with van der Waals surface area (Å²) in [6.07, 6.45) is 5.21. The maximum Gasteiger partial charge on any atom is 0.241 e. The lowest BCUT2D eigenvalue weighted by Crippen LogP contribution is -2.34. The molecule has 0 aliphatic heterocycles. The lowest BCUT2D eigenvalue weighted by Gasteiger charge is -2.16. The van der Waals surface area contributed by atoms with Crippen molar-refractivity contribution in [1.82, 2.24) is 20.3 Å². The number of rotatable bonds is 5. The van der Waals surface area contributed by atoms with Crippen LogP contribution in [0.15, 0.2) is 36.7 Å². The highest BCUT2D eigenvalue weighted by Gasteiger charge is 2.44. The Morgan fingerprint density at radius 2 is 2.10 bits per heavy atom. The lowest BCUT2D eigenvalue weighted by atomic mass is 9.96. The van der Waals surface area contributed by atoms with Crippen LogP contribution >= 0.6 is 0 Å². The van der Waals surface area contributed by atoms with Gasteiger partial charge in [0.15, 0.2) is 0 Å². The number of hydrogen-bond donors (Lipinski definition) is 1. The fraction of sp³-hybridized carbons (Fsp3) is 0.357.